The van der Waals surface area contributed by atoms with E-state index in [0.717, 1.165) is 25.3 Å². The summed E-state index contributed by atoms with van der Waals surface area (Å²) in [6.07, 6.45) is 8.16. The lowest BCUT2D eigenvalue weighted by Crippen LogP contribution is -2.18. The number of hydrogen-bond acceptors (Lipinski definition) is 2. The minimum absolute atomic E-state index is 0.367. The van der Waals surface area contributed by atoms with Crippen molar-refractivity contribution in [3.05, 3.63) is 35.1 Å². The largest absolute Gasteiger partial charge is 0.459 e. The zero-order valence-electron chi connectivity index (χ0n) is 17.6. The normalized spacial score (nSPS) is 12.8. The van der Waals surface area contributed by atoms with Crippen LogP contribution in [0.1, 0.15) is 107 Å². The third-order valence-electron chi connectivity index (χ3n) is 5.07. The average molecular weight is 419 g/mol. The van der Waals surface area contributed by atoms with Crippen molar-refractivity contribution < 1.29 is 27.1 Å². The van der Waals surface area contributed by atoms with Crippen LogP contribution in [0.5, 0.6) is 0 Å². The van der Waals surface area contributed by atoms with Gasteiger partial charge in [0.2, 0.25) is 0 Å². The number of carbonyl (C=O) groups is 1. The summed E-state index contributed by atoms with van der Waals surface area (Å²) >= 11 is 0. The summed E-state index contributed by atoms with van der Waals surface area (Å²) in [5.74, 6) is -2.01. The Bertz CT molecular complexity index is 599. The molecular formula is C23H34F4O2. The Kier molecular flexibility index (Phi) is 11.9. The van der Waals surface area contributed by atoms with Crippen molar-refractivity contribution in [2.75, 3.05) is 0 Å². The van der Waals surface area contributed by atoms with Crippen molar-refractivity contribution in [3.8, 4) is 0 Å². The Morgan fingerprint density at radius 1 is 0.897 bits per heavy atom. The molecule has 166 valence electrons. The number of unbranched alkanes of at least 4 members (excludes halogenated alkanes) is 9. The average Bonchev–Trinajstić information content (AvgIpc) is 2.67. The van der Waals surface area contributed by atoms with Crippen LogP contribution in [0.25, 0.3) is 0 Å². The number of hydrogen-bond donors (Lipinski definition) is 0. The number of benzene rings is 1. The van der Waals surface area contributed by atoms with Crippen LogP contribution >= 0.6 is 0 Å². The molecule has 0 N–H and O–H groups in total. The van der Waals surface area contributed by atoms with Gasteiger partial charge in [-0.25, -0.2) is 9.18 Å². The van der Waals surface area contributed by atoms with Gasteiger partial charge in [0, 0.05) is 0 Å². The van der Waals surface area contributed by atoms with Gasteiger partial charge in [-0.1, -0.05) is 71.6 Å². The Morgan fingerprint density at radius 2 is 1.45 bits per heavy atom. The van der Waals surface area contributed by atoms with Gasteiger partial charge >= 0.3 is 12.1 Å². The Labute approximate surface area is 172 Å². The standard InChI is InChI=1S/C23H34F4O2/c1-3-5-6-7-8-9-10-11-12-13-14-21(4-2)29-22(28)18-15-19(23(25,26)27)17-20(24)16-18/h15-17,21H,3-14H2,1-2H3. The number of alkyl halides is 3. The molecule has 0 amide bonds. The summed E-state index contributed by atoms with van der Waals surface area (Å²) in [4.78, 5) is 12.2. The first-order valence-corrected chi connectivity index (χ1v) is 10.9. The molecule has 0 aliphatic rings. The number of esters is 1. The monoisotopic (exact) mass is 418 g/mol. The van der Waals surface area contributed by atoms with Gasteiger partial charge < -0.3 is 4.74 Å². The summed E-state index contributed by atoms with van der Waals surface area (Å²) in [5, 5.41) is 0. The van der Waals surface area contributed by atoms with Crippen molar-refractivity contribution in [1.29, 1.82) is 0 Å². The Hall–Kier alpha value is -1.59. The second-order valence-electron chi connectivity index (χ2n) is 7.63. The maximum Gasteiger partial charge on any atom is 0.416 e. The molecule has 0 radical (unpaired) electrons. The molecule has 2 nitrogen and oxygen atoms in total. The lowest BCUT2D eigenvalue weighted by atomic mass is 10.0. The topological polar surface area (TPSA) is 26.3 Å². The summed E-state index contributed by atoms with van der Waals surface area (Å²) in [7, 11) is 0. The molecule has 0 aromatic heterocycles. The van der Waals surface area contributed by atoms with Crippen molar-refractivity contribution in [1.82, 2.24) is 0 Å². The van der Waals surface area contributed by atoms with E-state index in [9.17, 15) is 22.4 Å². The fourth-order valence-corrected chi connectivity index (χ4v) is 3.30. The van der Waals surface area contributed by atoms with Gasteiger partial charge in [0.1, 0.15) is 11.9 Å². The molecule has 1 rings (SSSR count). The smallest absolute Gasteiger partial charge is 0.416 e. The quantitative estimate of drug-likeness (QED) is 0.173. The van der Waals surface area contributed by atoms with E-state index in [4.69, 9.17) is 4.74 Å². The number of carbonyl (C=O) groups excluding carboxylic acids is 1. The predicted octanol–water partition coefficient (Wildman–Crippen LogP) is 8.09. The molecule has 29 heavy (non-hydrogen) atoms. The molecule has 0 aliphatic heterocycles. The summed E-state index contributed by atoms with van der Waals surface area (Å²) in [6, 6.07) is 1.79. The zero-order chi connectivity index (χ0) is 21.7. The van der Waals surface area contributed by atoms with E-state index in [1.165, 1.54) is 44.9 Å². The van der Waals surface area contributed by atoms with Crippen molar-refractivity contribution in [2.24, 2.45) is 0 Å². The zero-order valence-corrected chi connectivity index (χ0v) is 17.6. The van der Waals surface area contributed by atoms with Crippen LogP contribution in [-0.2, 0) is 10.9 Å². The van der Waals surface area contributed by atoms with Crippen molar-refractivity contribution in [3.63, 3.8) is 0 Å². The summed E-state index contributed by atoms with van der Waals surface area (Å²) in [6.45, 7) is 4.07. The molecule has 0 aliphatic carbocycles. The molecule has 0 heterocycles. The van der Waals surface area contributed by atoms with Crippen LogP contribution in [-0.4, -0.2) is 12.1 Å². The molecule has 0 bridgehead atoms. The van der Waals surface area contributed by atoms with Crippen LogP contribution < -0.4 is 0 Å². The van der Waals surface area contributed by atoms with E-state index in [2.05, 4.69) is 6.92 Å². The van der Waals surface area contributed by atoms with Gasteiger partial charge in [-0.3, -0.25) is 0 Å². The van der Waals surface area contributed by atoms with Gasteiger partial charge in [0.15, 0.2) is 0 Å². The molecule has 1 atom stereocenters. The molecule has 0 spiro atoms. The summed E-state index contributed by atoms with van der Waals surface area (Å²) in [5.41, 5.74) is -1.59. The van der Waals surface area contributed by atoms with Gasteiger partial charge in [-0.05, 0) is 37.5 Å². The first-order chi connectivity index (χ1) is 13.8. The first-order valence-electron chi connectivity index (χ1n) is 10.9. The number of ether oxygens (including phenoxy) is 1. The van der Waals surface area contributed by atoms with E-state index < -0.39 is 29.1 Å². The Morgan fingerprint density at radius 3 is 1.97 bits per heavy atom. The third kappa shape index (κ3) is 10.7. The van der Waals surface area contributed by atoms with E-state index in [0.29, 0.717) is 25.0 Å². The lowest BCUT2D eigenvalue weighted by molar-refractivity contribution is -0.137. The SMILES string of the molecule is CCCCCCCCCCCCC(CC)OC(=O)c1cc(F)cc(C(F)(F)F)c1. The Balaban J connectivity index is 2.35. The van der Waals surface area contributed by atoms with Crippen LogP contribution in [0, 0.1) is 5.82 Å². The van der Waals surface area contributed by atoms with Crippen molar-refractivity contribution in [2.45, 2.75) is 103 Å². The van der Waals surface area contributed by atoms with E-state index >= 15 is 0 Å². The number of halogens is 4. The van der Waals surface area contributed by atoms with Crippen molar-refractivity contribution >= 4 is 5.97 Å². The molecule has 6 heteroatoms. The van der Waals surface area contributed by atoms with Gasteiger partial charge in [-0.15, -0.1) is 0 Å². The van der Waals surface area contributed by atoms with Gasteiger partial charge in [0.25, 0.3) is 0 Å². The van der Waals surface area contributed by atoms with Gasteiger partial charge in [-0.2, -0.15) is 13.2 Å². The van der Waals surface area contributed by atoms with Crippen LogP contribution in [0.15, 0.2) is 18.2 Å². The molecule has 1 aromatic rings. The van der Waals surface area contributed by atoms with Crippen LogP contribution in [0.4, 0.5) is 17.6 Å². The van der Waals surface area contributed by atoms with Crippen LogP contribution in [0.2, 0.25) is 0 Å². The highest BCUT2D eigenvalue weighted by molar-refractivity contribution is 5.89. The molecule has 0 saturated carbocycles. The third-order valence-corrected chi connectivity index (χ3v) is 5.07. The minimum Gasteiger partial charge on any atom is -0.459 e. The summed E-state index contributed by atoms with van der Waals surface area (Å²) < 4.78 is 57.2. The second kappa shape index (κ2) is 13.6. The number of rotatable bonds is 14. The lowest BCUT2D eigenvalue weighted by Gasteiger charge is -2.17. The maximum atomic E-state index is 13.5. The first kappa shape index (κ1) is 25.4. The maximum absolute atomic E-state index is 13.5. The highest BCUT2D eigenvalue weighted by Gasteiger charge is 2.32. The predicted molar refractivity (Wildman–Crippen MR) is 107 cm³/mol. The minimum atomic E-state index is -4.71. The fourth-order valence-electron chi connectivity index (χ4n) is 3.30. The fraction of sp³-hybridized carbons (Fsp3) is 0.696. The highest BCUT2D eigenvalue weighted by atomic mass is 19.4. The molecule has 1 aromatic carbocycles. The van der Waals surface area contributed by atoms with Gasteiger partial charge in [0.05, 0.1) is 11.1 Å². The van der Waals surface area contributed by atoms with E-state index in [-0.39, 0.29) is 6.10 Å². The molecule has 1 unspecified atom stereocenters. The molecular weight excluding hydrogens is 384 g/mol. The van der Waals surface area contributed by atoms with E-state index in [1.54, 1.807) is 0 Å². The molecule has 0 saturated heterocycles. The van der Waals surface area contributed by atoms with Crippen LogP contribution in [0.3, 0.4) is 0 Å². The highest BCUT2D eigenvalue weighted by Crippen LogP contribution is 2.30. The second-order valence-corrected chi connectivity index (χ2v) is 7.63. The molecule has 0 fully saturated rings. The van der Waals surface area contributed by atoms with E-state index in [1.807, 2.05) is 6.92 Å².